The van der Waals surface area contributed by atoms with Gasteiger partial charge in [-0.15, -0.1) is 0 Å². The highest BCUT2D eigenvalue weighted by molar-refractivity contribution is 9.10. The Morgan fingerprint density at radius 2 is 2.21 bits per heavy atom. The Balaban J connectivity index is 2.58. The van der Waals surface area contributed by atoms with Crippen LogP contribution in [0.15, 0.2) is 22.7 Å². The Morgan fingerprint density at radius 1 is 1.47 bits per heavy atom. The molecule has 0 aliphatic carbocycles. The van der Waals surface area contributed by atoms with Gasteiger partial charge in [0, 0.05) is 16.6 Å². The van der Waals surface area contributed by atoms with Crippen LogP contribution in [0.4, 0.5) is 0 Å². The Kier molecular flexibility index (Phi) is 6.87. The summed E-state index contributed by atoms with van der Waals surface area (Å²) >= 11 is 3.46. The average molecular weight is 330 g/mol. The van der Waals surface area contributed by atoms with Gasteiger partial charge in [-0.25, -0.2) is 0 Å². The van der Waals surface area contributed by atoms with Crippen LogP contribution >= 0.6 is 15.9 Å². The van der Waals surface area contributed by atoms with E-state index in [1.165, 1.54) is 0 Å². The molecule has 1 atom stereocenters. The minimum atomic E-state index is 0.0910. The van der Waals surface area contributed by atoms with Gasteiger partial charge in [-0.1, -0.05) is 22.9 Å². The second-order valence-corrected chi connectivity index (χ2v) is 5.53. The number of carbonyl (C=O) groups excluding carboxylic acids is 1. The fourth-order valence-corrected chi connectivity index (χ4v) is 2.28. The highest BCUT2D eigenvalue weighted by Crippen LogP contribution is 2.21. The van der Waals surface area contributed by atoms with Crippen LogP contribution in [0.25, 0.3) is 0 Å². The fourth-order valence-electron chi connectivity index (χ4n) is 1.87. The monoisotopic (exact) mass is 329 g/mol. The zero-order chi connectivity index (χ0) is 14.3. The van der Waals surface area contributed by atoms with E-state index in [-0.39, 0.29) is 5.91 Å². The lowest BCUT2D eigenvalue weighted by Crippen LogP contribution is -3.08. The molecule has 1 aromatic rings. The van der Waals surface area contributed by atoms with Gasteiger partial charge in [0.05, 0.1) is 14.2 Å². The molecule has 106 valence electrons. The van der Waals surface area contributed by atoms with Crippen LogP contribution in [0.2, 0.25) is 0 Å². The van der Waals surface area contributed by atoms with Crippen molar-refractivity contribution >= 4 is 21.8 Å². The first kappa shape index (κ1) is 16.0. The molecule has 0 radical (unpaired) electrons. The molecule has 1 rings (SSSR count). The van der Waals surface area contributed by atoms with Gasteiger partial charge in [-0.05, 0) is 24.6 Å². The Hall–Kier alpha value is -1.07. The van der Waals surface area contributed by atoms with Crippen molar-refractivity contribution in [3.8, 4) is 5.75 Å². The molecule has 0 saturated heterocycles. The summed E-state index contributed by atoms with van der Waals surface area (Å²) in [6.07, 6.45) is 0.963. The maximum atomic E-state index is 11.7. The van der Waals surface area contributed by atoms with Crippen molar-refractivity contribution in [3.63, 3.8) is 0 Å². The molecule has 4 nitrogen and oxygen atoms in total. The largest absolute Gasteiger partial charge is 0.496 e. The number of hydrogen-bond acceptors (Lipinski definition) is 2. The Labute approximate surface area is 123 Å². The zero-order valence-corrected chi connectivity index (χ0v) is 13.3. The van der Waals surface area contributed by atoms with Gasteiger partial charge in [-0.2, -0.15) is 0 Å². The summed E-state index contributed by atoms with van der Waals surface area (Å²) in [7, 11) is 3.67. The lowest BCUT2D eigenvalue weighted by Gasteiger charge is -2.16. The maximum Gasteiger partial charge on any atom is 0.275 e. The van der Waals surface area contributed by atoms with Crippen LogP contribution < -0.4 is 15.0 Å². The molecule has 2 N–H and O–H groups in total. The molecule has 0 aliphatic heterocycles. The average Bonchev–Trinajstić information content (AvgIpc) is 2.36. The number of hydrogen-bond donors (Lipinski definition) is 2. The summed E-state index contributed by atoms with van der Waals surface area (Å²) in [6, 6.07) is 5.92. The number of methoxy groups -OCH3 is 1. The van der Waals surface area contributed by atoms with Crippen LogP contribution in [0, 0.1) is 0 Å². The third kappa shape index (κ3) is 5.61. The van der Waals surface area contributed by atoms with E-state index < -0.39 is 0 Å². The minimum absolute atomic E-state index is 0.0910. The number of amides is 1. The molecule has 0 spiro atoms. The topological polar surface area (TPSA) is 42.8 Å². The minimum Gasteiger partial charge on any atom is -0.496 e. The second kappa shape index (κ2) is 8.17. The lowest BCUT2D eigenvalue weighted by molar-refractivity contribution is -0.885. The molecular weight excluding hydrogens is 308 g/mol. The van der Waals surface area contributed by atoms with Crippen LogP contribution in [0.1, 0.15) is 18.9 Å². The molecule has 5 heteroatoms. The summed E-state index contributed by atoms with van der Waals surface area (Å²) in [4.78, 5) is 12.8. The SMILES string of the molecule is CCCNC(=O)C[NH+](C)Cc1cc(Br)ccc1OC. The van der Waals surface area contributed by atoms with Gasteiger partial charge in [0.25, 0.3) is 5.91 Å². The van der Waals surface area contributed by atoms with Gasteiger partial charge in [0.2, 0.25) is 0 Å². The van der Waals surface area contributed by atoms with E-state index in [9.17, 15) is 4.79 Å². The molecule has 1 unspecified atom stereocenters. The van der Waals surface area contributed by atoms with Crippen molar-refractivity contribution in [2.45, 2.75) is 19.9 Å². The van der Waals surface area contributed by atoms with Gasteiger partial charge in [-0.3, -0.25) is 4.79 Å². The molecule has 0 bridgehead atoms. The number of halogens is 1. The van der Waals surface area contributed by atoms with Crippen LogP contribution in [-0.2, 0) is 11.3 Å². The molecule has 1 aromatic carbocycles. The highest BCUT2D eigenvalue weighted by Gasteiger charge is 2.13. The Morgan fingerprint density at radius 3 is 2.84 bits per heavy atom. The maximum absolute atomic E-state index is 11.7. The summed E-state index contributed by atoms with van der Waals surface area (Å²) in [5.41, 5.74) is 1.10. The van der Waals surface area contributed by atoms with E-state index in [0.717, 1.165) is 40.2 Å². The van der Waals surface area contributed by atoms with E-state index in [0.29, 0.717) is 6.54 Å². The number of ether oxygens (including phenoxy) is 1. The molecule has 0 fully saturated rings. The summed E-state index contributed by atoms with van der Waals surface area (Å²) in [5.74, 6) is 0.949. The van der Waals surface area contributed by atoms with E-state index in [2.05, 4.69) is 21.2 Å². The van der Waals surface area contributed by atoms with Gasteiger partial charge in [0.1, 0.15) is 12.3 Å². The van der Waals surface area contributed by atoms with Gasteiger partial charge >= 0.3 is 0 Å². The molecule has 0 aromatic heterocycles. The number of rotatable bonds is 7. The number of nitrogens with one attached hydrogen (secondary N) is 2. The number of carbonyl (C=O) groups is 1. The predicted molar refractivity (Wildman–Crippen MR) is 79.5 cm³/mol. The second-order valence-electron chi connectivity index (χ2n) is 4.62. The molecule has 0 aliphatic rings. The molecular formula is C14H22BrN2O2+. The summed E-state index contributed by atoms with van der Waals surface area (Å²) in [5, 5.41) is 2.89. The number of benzene rings is 1. The van der Waals surface area contributed by atoms with Crippen molar-refractivity contribution in [3.05, 3.63) is 28.2 Å². The van der Waals surface area contributed by atoms with Crippen LogP contribution in [0.3, 0.4) is 0 Å². The summed E-state index contributed by atoms with van der Waals surface area (Å²) in [6.45, 7) is 4.01. The zero-order valence-electron chi connectivity index (χ0n) is 11.8. The normalized spacial score (nSPS) is 12.0. The van der Waals surface area contributed by atoms with Crippen LogP contribution in [0.5, 0.6) is 5.75 Å². The fraction of sp³-hybridized carbons (Fsp3) is 0.500. The van der Waals surface area contributed by atoms with E-state index in [1.54, 1.807) is 7.11 Å². The predicted octanol–water partition coefficient (Wildman–Crippen LogP) is 0.999. The van der Waals surface area contributed by atoms with Crippen molar-refractivity contribution in [2.75, 3.05) is 27.2 Å². The first-order valence-corrected chi connectivity index (χ1v) is 7.26. The quantitative estimate of drug-likeness (QED) is 0.783. The van der Waals surface area contributed by atoms with Gasteiger partial charge in [0.15, 0.2) is 6.54 Å². The molecule has 1 amide bonds. The van der Waals surface area contributed by atoms with E-state index in [1.807, 2.05) is 32.2 Å². The van der Waals surface area contributed by atoms with Crippen LogP contribution in [-0.4, -0.2) is 33.2 Å². The third-order valence-corrected chi connectivity index (χ3v) is 3.26. The first-order chi connectivity index (χ1) is 9.06. The van der Waals surface area contributed by atoms with Crippen molar-refractivity contribution in [1.82, 2.24) is 5.32 Å². The molecule has 19 heavy (non-hydrogen) atoms. The summed E-state index contributed by atoms with van der Waals surface area (Å²) < 4.78 is 6.36. The third-order valence-electron chi connectivity index (χ3n) is 2.77. The van der Waals surface area contributed by atoms with Crippen molar-refractivity contribution in [2.24, 2.45) is 0 Å². The number of quaternary nitrogens is 1. The first-order valence-electron chi connectivity index (χ1n) is 6.47. The molecule has 0 heterocycles. The highest BCUT2D eigenvalue weighted by atomic mass is 79.9. The van der Waals surface area contributed by atoms with E-state index in [4.69, 9.17) is 4.74 Å². The van der Waals surface area contributed by atoms with Crippen molar-refractivity contribution in [1.29, 1.82) is 0 Å². The van der Waals surface area contributed by atoms with Crippen molar-refractivity contribution < 1.29 is 14.4 Å². The number of likely N-dealkylation sites (N-methyl/N-ethyl adjacent to an activating group) is 1. The molecule has 0 saturated carbocycles. The van der Waals surface area contributed by atoms with Gasteiger partial charge < -0.3 is 15.0 Å². The Bertz CT molecular complexity index is 424. The lowest BCUT2D eigenvalue weighted by atomic mass is 10.2. The van der Waals surface area contributed by atoms with E-state index >= 15 is 0 Å². The standard InChI is InChI=1S/C14H21BrN2O2/c1-4-7-16-14(18)10-17(2)9-11-8-12(15)5-6-13(11)19-3/h5-6,8H,4,7,9-10H2,1-3H3,(H,16,18)/p+1. The smallest absolute Gasteiger partial charge is 0.275 e.